The summed E-state index contributed by atoms with van der Waals surface area (Å²) in [5.74, 6) is -0.462. The summed E-state index contributed by atoms with van der Waals surface area (Å²) in [5.41, 5.74) is 4.73. The standard InChI is InChI=1S/C25H25N3O2/c1-18-11-13-21(14-12-18)26-22-9-5-6-10-23(22)27-25(30)20-15-24(29)28(17-20)16-19-7-3-2-4-8-19/h2-14,20,26H,15-17H2,1H3,(H,27,30). The zero-order chi connectivity index (χ0) is 20.9. The summed E-state index contributed by atoms with van der Waals surface area (Å²) in [7, 11) is 0. The number of anilines is 3. The summed E-state index contributed by atoms with van der Waals surface area (Å²) < 4.78 is 0. The first kappa shape index (κ1) is 19.7. The summed E-state index contributed by atoms with van der Waals surface area (Å²) in [4.78, 5) is 27.1. The maximum absolute atomic E-state index is 12.9. The number of nitrogens with one attached hydrogen (secondary N) is 2. The molecule has 2 amide bonds. The highest BCUT2D eigenvalue weighted by Crippen LogP contribution is 2.27. The number of hydrogen-bond acceptors (Lipinski definition) is 3. The van der Waals surface area contributed by atoms with Gasteiger partial charge in [-0.1, -0.05) is 60.2 Å². The minimum atomic E-state index is -0.353. The summed E-state index contributed by atoms with van der Waals surface area (Å²) in [6.45, 7) is 3.02. The molecule has 1 aliphatic rings. The Morgan fingerprint density at radius 2 is 1.60 bits per heavy atom. The fraction of sp³-hybridized carbons (Fsp3) is 0.200. The van der Waals surface area contributed by atoms with Gasteiger partial charge in [0, 0.05) is 25.2 Å². The number of likely N-dealkylation sites (tertiary alicyclic amines) is 1. The van der Waals surface area contributed by atoms with Crippen LogP contribution in [0.5, 0.6) is 0 Å². The molecule has 0 bridgehead atoms. The lowest BCUT2D eigenvalue weighted by atomic mass is 10.1. The molecular formula is C25H25N3O2. The molecule has 3 aromatic rings. The molecule has 4 rings (SSSR count). The number of nitrogens with zero attached hydrogens (tertiary/aromatic N) is 1. The summed E-state index contributed by atoms with van der Waals surface area (Å²) in [6.07, 6.45) is 0.242. The lowest BCUT2D eigenvalue weighted by Crippen LogP contribution is -2.28. The molecule has 0 aromatic heterocycles. The van der Waals surface area contributed by atoms with E-state index in [4.69, 9.17) is 0 Å². The Bertz CT molecular complexity index is 1030. The van der Waals surface area contributed by atoms with E-state index in [0.29, 0.717) is 18.8 Å². The first-order valence-corrected chi connectivity index (χ1v) is 10.1. The topological polar surface area (TPSA) is 61.4 Å². The van der Waals surface area contributed by atoms with E-state index in [1.807, 2.05) is 85.8 Å². The molecule has 0 aliphatic carbocycles. The number of benzene rings is 3. The minimum absolute atomic E-state index is 0.0186. The number of carbonyl (C=O) groups excluding carboxylic acids is 2. The molecule has 1 aliphatic heterocycles. The van der Waals surface area contributed by atoms with Gasteiger partial charge >= 0.3 is 0 Å². The minimum Gasteiger partial charge on any atom is -0.354 e. The van der Waals surface area contributed by atoms with E-state index in [-0.39, 0.29) is 24.2 Å². The van der Waals surface area contributed by atoms with Crippen LogP contribution in [0.2, 0.25) is 0 Å². The maximum Gasteiger partial charge on any atom is 0.229 e. The lowest BCUT2D eigenvalue weighted by molar-refractivity contribution is -0.128. The number of rotatable bonds is 6. The first-order chi connectivity index (χ1) is 14.6. The van der Waals surface area contributed by atoms with Gasteiger partial charge in [-0.25, -0.2) is 0 Å². The molecule has 30 heavy (non-hydrogen) atoms. The van der Waals surface area contributed by atoms with E-state index >= 15 is 0 Å². The molecule has 1 heterocycles. The Labute approximate surface area is 176 Å². The van der Waals surface area contributed by atoms with Gasteiger partial charge in [-0.15, -0.1) is 0 Å². The van der Waals surface area contributed by atoms with E-state index in [0.717, 1.165) is 16.9 Å². The van der Waals surface area contributed by atoms with Crippen LogP contribution in [0, 0.1) is 12.8 Å². The van der Waals surface area contributed by atoms with Crippen molar-refractivity contribution in [3.8, 4) is 0 Å². The Morgan fingerprint density at radius 3 is 2.33 bits per heavy atom. The van der Waals surface area contributed by atoms with Crippen LogP contribution in [-0.4, -0.2) is 23.3 Å². The van der Waals surface area contributed by atoms with E-state index in [9.17, 15) is 9.59 Å². The van der Waals surface area contributed by atoms with Gasteiger partial charge in [0.2, 0.25) is 11.8 Å². The second-order valence-corrected chi connectivity index (χ2v) is 7.69. The zero-order valence-corrected chi connectivity index (χ0v) is 17.0. The molecule has 1 unspecified atom stereocenters. The summed E-state index contributed by atoms with van der Waals surface area (Å²) >= 11 is 0. The summed E-state index contributed by atoms with van der Waals surface area (Å²) in [5, 5.41) is 6.36. The molecule has 5 heteroatoms. The zero-order valence-electron chi connectivity index (χ0n) is 17.0. The van der Waals surface area contributed by atoms with Crippen molar-refractivity contribution in [2.75, 3.05) is 17.2 Å². The Kier molecular flexibility index (Phi) is 5.80. The van der Waals surface area contributed by atoms with Gasteiger partial charge < -0.3 is 15.5 Å². The fourth-order valence-corrected chi connectivity index (χ4v) is 3.63. The Morgan fingerprint density at radius 1 is 0.933 bits per heavy atom. The van der Waals surface area contributed by atoms with Crippen molar-refractivity contribution in [3.05, 3.63) is 90.0 Å². The molecule has 5 nitrogen and oxygen atoms in total. The fourth-order valence-electron chi connectivity index (χ4n) is 3.63. The molecule has 0 radical (unpaired) electrons. The quantitative estimate of drug-likeness (QED) is 0.630. The molecule has 1 fully saturated rings. The van der Waals surface area contributed by atoms with Gasteiger partial charge in [0.15, 0.2) is 0 Å². The van der Waals surface area contributed by atoms with Crippen molar-refractivity contribution >= 4 is 28.9 Å². The van der Waals surface area contributed by atoms with Crippen molar-refractivity contribution in [1.82, 2.24) is 4.90 Å². The average Bonchev–Trinajstić information content (AvgIpc) is 3.12. The Balaban J connectivity index is 1.42. The molecule has 0 saturated carbocycles. The van der Waals surface area contributed by atoms with Crippen molar-refractivity contribution in [1.29, 1.82) is 0 Å². The van der Waals surface area contributed by atoms with Gasteiger partial charge in [0.05, 0.1) is 17.3 Å². The smallest absolute Gasteiger partial charge is 0.229 e. The van der Waals surface area contributed by atoms with Crippen molar-refractivity contribution in [2.45, 2.75) is 19.9 Å². The number of aryl methyl sites for hydroxylation is 1. The summed E-state index contributed by atoms with van der Waals surface area (Å²) in [6, 6.07) is 25.5. The SMILES string of the molecule is Cc1ccc(Nc2ccccc2NC(=O)C2CC(=O)N(Cc3ccccc3)C2)cc1. The third-order valence-corrected chi connectivity index (χ3v) is 5.32. The predicted octanol–water partition coefficient (Wildman–Crippen LogP) is 4.73. The molecule has 1 atom stereocenters. The number of hydrogen-bond donors (Lipinski definition) is 2. The molecule has 152 valence electrons. The normalized spacial score (nSPS) is 15.8. The van der Waals surface area contributed by atoms with Crippen LogP contribution in [0.15, 0.2) is 78.9 Å². The number of amides is 2. The van der Waals surface area contributed by atoms with E-state index < -0.39 is 0 Å². The van der Waals surface area contributed by atoms with E-state index in [1.165, 1.54) is 5.56 Å². The highest BCUT2D eigenvalue weighted by Gasteiger charge is 2.34. The molecule has 0 spiro atoms. The van der Waals surface area contributed by atoms with Crippen LogP contribution in [0.1, 0.15) is 17.5 Å². The number of para-hydroxylation sites is 2. The van der Waals surface area contributed by atoms with Crippen molar-refractivity contribution in [2.24, 2.45) is 5.92 Å². The second kappa shape index (κ2) is 8.82. The lowest BCUT2D eigenvalue weighted by Gasteiger charge is -2.17. The van der Waals surface area contributed by atoms with E-state index in [1.54, 1.807) is 4.90 Å². The highest BCUT2D eigenvalue weighted by molar-refractivity contribution is 5.99. The maximum atomic E-state index is 12.9. The van der Waals surface area contributed by atoms with Crippen LogP contribution < -0.4 is 10.6 Å². The average molecular weight is 399 g/mol. The van der Waals surface area contributed by atoms with Gasteiger partial charge in [-0.2, -0.15) is 0 Å². The highest BCUT2D eigenvalue weighted by atomic mass is 16.2. The molecule has 3 aromatic carbocycles. The second-order valence-electron chi connectivity index (χ2n) is 7.69. The molecule has 2 N–H and O–H groups in total. The predicted molar refractivity (Wildman–Crippen MR) is 119 cm³/mol. The monoisotopic (exact) mass is 399 g/mol. The van der Waals surface area contributed by atoms with Crippen LogP contribution in [0.3, 0.4) is 0 Å². The first-order valence-electron chi connectivity index (χ1n) is 10.1. The Hall–Kier alpha value is -3.60. The van der Waals surface area contributed by atoms with Crippen LogP contribution in [0.4, 0.5) is 17.1 Å². The van der Waals surface area contributed by atoms with Crippen LogP contribution in [-0.2, 0) is 16.1 Å². The van der Waals surface area contributed by atoms with Crippen LogP contribution in [0.25, 0.3) is 0 Å². The molecule has 1 saturated heterocycles. The van der Waals surface area contributed by atoms with Crippen LogP contribution >= 0.6 is 0 Å². The number of carbonyl (C=O) groups is 2. The van der Waals surface area contributed by atoms with Gasteiger partial charge in [-0.3, -0.25) is 9.59 Å². The largest absolute Gasteiger partial charge is 0.354 e. The van der Waals surface area contributed by atoms with Gasteiger partial charge in [0.25, 0.3) is 0 Å². The van der Waals surface area contributed by atoms with E-state index in [2.05, 4.69) is 10.6 Å². The van der Waals surface area contributed by atoms with Crippen molar-refractivity contribution in [3.63, 3.8) is 0 Å². The third kappa shape index (κ3) is 4.69. The van der Waals surface area contributed by atoms with Gasteiger partial charge in [-0.05, 0) is 36.8 Å². The van der Waals surface area contributed by atoms with Crippen molar-refractivity contribution < 1.29 is 9.59 Å². The van der Waals surface area contributed by atoms with Gasteiger partial charge in [0.1, 0.15) is 0 Å². The molecular weight excluding hydrogens is 374 g/mol. The third-order valence-electron chi connectivity index (χ3n) is 5.32.